The molecule has 23 heavy (non-hydrogen) atoms. The molecule has 2 aromatic rings. The topological polar surface area (TPSA) is 41.6 Å². The summed E-state index contributed by atoms with van der Waals surface area (Å²) < 4.78 is 5.92. The van der Waals surface area contributed by atoms with Crippen molar-refractivity contribution in [1.82, 2.24) is 0 Å². The smallest absolute Gasteiger partial charge is 0.326 e. The fourth-order valence-electron chi connectivity index (χ4n) is 2.72. The molecule has 0 saturated heterocycles. The lowest BCUT2D eigenvalue weighted by Gasteiger charge is -2.34. The van der Waals surface area contributed by atoms with Crippen molar-refractivity contribution in [3.8, 4) is 5.75 Å². The summed E-state index contributed by atoms with van der Waals surface area (Å²) in [7, 11) is 0. The van der Waals surface area contributed by atoms with Crippen LogP contribution in [0.1, 0.15) is 25.8 Å². The number of fused-ring (bicyclic) bond motifs is 1. The van der Waals surface area contributed by atoms with Crippen molar-refractivity contribution in [3.05, 3.63) is 54.1 Å². The molecule has 1 heterocycles. The molecule has 0 spiro atoms. The third-order valence-corrected chi connectivity index (χ3v) is 4.15. The number of nitrogens with zero attached hydrogens (tertiary/aromatic N) is 1. The fourth-order valence-corrected chi connectivity index (χ4v) is 2.72. The lowest BCUT2D eigenvalue weighted by atomic mass is 10.1. The summed E-state index contributed by atoms with van der Waals surface area (Å²) in [6.07, 6.45) is 1.88. The molecular weight excluding hydrogens is 288 g/mol. The third kappa shape index (κ3) is 3.31. The van der Waals surface area contributed by atoms with Gasteiger partial charge in [0.2, 0.25) is 0 Å². The van der Waals surface area contributed by atoms with Crippen molar-refractivity contribution in [2.45, 2.75) is 32.8 Å². The molecule has 3 rings (SSSR count). The monoisotopic (exact) mass is 310 g/mol. The van der Waals surface area contributed by atoms with Crippen LogP contribution in [0.5, 0.6) is 5.75 Å². The van der Waals surface area contributed by atoms with Crippen LogP contribution in [0, 0.1) is 0 Å². The minimum absolute atomic E-state index is 0.0260. The zero-order valence-electron chi connectivity index (χ0n) is 13.6. The minimum atomic E-state index is -0.122. The number of aryl methyl sites for hydroxylation is 1. The van der Waals surface area contributed by atoms with E-state index in [4.69, 9.17) is 4.74 Å². The zero-order valence-corrected chi connectivity index (χ0v) is 13.6. The van der Waals surface area contributed by atoms with Crippen LogP contribution in [0.4, 0.5) is 16.2 Å². The number of carbonyl (C=O) groups excluding carboxylic acids is 1. The average molecular weight is 310 g/mol. The largest absolute Gasteiger partial charge is 0.486 e. The number of nitrogens with one attached hydrogen (secondary N) is 1. The molecule has 1 aliphatic rings. The number of rotatable bonds is 3. The number of carbonyl (C=O) groups is 1. The van der Waals surface area contributed by atoms with E-state index in [9.17, 15) is 4.79 Å². The Kier molecular flexibility index (Phi) is 4.51. The minimum Gasteiger partial charge on any atom is -0.486 e. The molecule has 0 radical (unpaired) electrons. The zero-order chi connectivity index (χ0) is 16.2. The van der Waals surface area contributed by atoms with Gasteiger partial charge in [-0.15, -0.1) is 0 Å². The first kappa shape index (κ1) is 15.4. The highest BCUT2D eigenvalue weighted by atomic mass is 16.5. The molecule has 4 heteroatoms. The maximum absolute atomic E-state index is 12.7. The number of para-hydroxylation sites is 2. The van der Waals surface area contributed by atoms with Gasteiger partial charge in [-0.05, 0) is 42.7 Å². The summed E-state index contributed by atoms with van der Waals surface area (Å²) in [5, 5.41) is 2.98. The van der Waals surface area contributed by atoms with Gasteiger partial charge in [0.05, 0.1) is 12.2 Å². The van der Waals surface area contributed by atoms with Gasteiger partial charge < -0.3 is 10.1 Å². The van der Waals surface area contributed by atoms with Crippen LogP contribution in [0.15, 0.2) is 48.5 Å². The van der Waals surface area contributed by atoms with Crippen LogP contribution in [-0.4, -0.2) is 18.7 Å². The highest BCUT2D eigenvalue weighted by molar-refractivity contribution is 6.03. The van der Waals surface area contributed by atoms with Gasteiger partial charge in [-0.2, -0.15) is 0 Å². The van der Waals surface area contributed by atoms with Crippen molar-refractivity contribution in [3.63, 3.8) is 0 Å². The van der Waals surface area contributed by atoms with E-state index < -0.39 is 0 Å². The van der Waals surface area contributed by atoms with Crippen LogP contribution in [0.2, 0.25) is 0 Å². The second-order valence-corrected chi connectivity index (χ2v) is 5.71. The van der Waals surface area contributed by atoms with Crippen LogP contribution in [0.3, 0.4) is 0 Å². The number of hydrogen-bond acceptors (Lipinski definition) is 2. The number of amides is 2. The highest BCUT2D eigenvalue weighted by Gasteiger charge is 2.28. The Balaban J connectivity index is 1.80. The predicted octanol–water partition coefficient (Wildman–Crippen LogP) is 4.46. The van der Waals surface area contributed by atoms with Gasteiger partial charge >= 0.3 is 6.03 Å². The summed E-state index contributed by atoms with van der Waals surface area (Å²) in [4.78, 5) is 14.5. The maximum Gasteiger partial charge on any atom is 0.326 e. The average Bonchev–Trinajstić information content (AvgIpc) is 2.61. The third-order valence-electron chi connectivity index (χ3n) is 4.15. The van der Waals surface area contributed by atoms with Gasteiger partial charge in [0.25, 0.3) is 0 Å². The normalized spacial score (nSPS) is 16.4. The summed E-state index contributed by atoms with van der Waals surface area (Å²) >= 11 is 0. The number of urea groups is 1. The first-order valence-electron chi connectivity index (χ1n) is 8.14. The Labute approximate surface area is 137 Å². The molecule has 1 unspecified atom stereocenters. The summed E-state index contributed by atoms with van der Waals surface area (Å²) in [5.74, 6) is 0.766. The molecule has 0 bridgehead atoms. The SMILES string of the molecule is CCc1ccc(NC(=O)N2CC(CC)Oc3ccccc32)cc1. The summed E-state index contributed by atoms with van der Waals surface area (Å²) in [6, 6.07) is 15.5. The van der Waals surface area contributed by atoms with Crippen molar-refractivity contribution >= 4 is 17.4 Å². The highest BCUT2D eigenvalue weighted by Crippen LogP contribution is 2.34. The van der Waals surface area contributed by atoms with E-state index in [0.717, 1.165) is 30.0 Å². The van der Waals surface area contributed by atoms with Crippen LogP contribution < -0.4 is 15.0 Å². The van der Waals surface area contributed by atoms with Crippen molar-refractivity contribution < 1.29 is 9.53 Å². The molecule has 120 valence electrons. The summed E-state index contributed by atoms with van der Waals surface area (Å²) in [5.41, 5.74) is 2.88. The second kappa shape index (κ2) is 6.73. The van der Waals surface area contributed by atoms with Crippen LogP contribution >= 0.6 is 0 Å². The molecule has 0 aromatic heterocycles. The van der Waals surface area contributed by atoms with Gasteiger partial charge in [0.1, 0.15) is 11.9 Å². The van der Waals surface area contributed by atoms with E-state index in [1.54, 1.807) is 4.90 Å². The summed E-state index contributed by atoms with van der Waals surface area (Å²) in [6.45, 7) is 4.74. The van der Waals surface area contributed by atoms with Crippen LogP contribution in [0.25, 0.3) is 0 Å². The fraction of sp³-hybridized carbons (Fsp3) is 0.316. The first-order chi connectivity index (χ1) is 11.2. The molecule has 1 atom stereocenters. The Morgan fingerprint density at radius 3 is 2.61 bits per heavy atom. The van der Waals surface area contributed by atoms with Crippen molar-refractivity contribution in [2.75, 3.05) is 16.8 Å². The molecule has 1 aliphatic heterocycles. The van der Waals surface area contributed by atoms with Gasteiger partial charge in [-0.1, -0.05) is 38.1 Å². The lowest BCUT2D eigenvalue weighted by Crippen LogP contribution is -2.45. The quantitative estimate of drug-likeness (QED) is 0.909. The second-order valence-electron chi connectivity index (χ2n) is 5.71. The molecule has 0 fully saturated rings. The van der Waals surface area contributed by atoms with E-state index in [0.29, 0.717) is 6.54 Å². The lowest BCUT2D eigenvalue weighted by molar-refractivity contribution is 0.188. The molecular formula is C19H22N2O2. The van der Waals surface area contributed by atoms with Gasteiger partial charge in [0.15, 0.2) is 0 Å². The van der Waals surface area contributed by atoms with E-state index in [1.807, 2.05) is 48.5 Å². The first-order valence-corrected chi connectivity index (χ1v) is 8.14. The number of benzene rings is 2. The number of ether oxygens (including phenoxy) is 1. The van der Waals surface area contributed by atoms with Crippen molar-refractivity contribution in [1.29, 1.82) is 0 Å². The van der Waals surface area contributed by atoms with Gasteiger partial charge in [0, 0.05) is 5.69 Å². The Morgan fingerprint density at radius 2 is 1.91 bits per heavy atom. The molecule has 2 amide bonds. The molecule has 0 saturated carbocycles. The molecule has 0 aliphatic carbocycles. The van der Waals surface area contributed by atoms with Gasteiger partial charge in [-0.3, -0.25) is 4.90 Å². The van der Waals surface area contributed by atoms with E-state index in [1.165, 1.54) is 5.56 Å². The Hall–Kier alpha value is -2.49. The Morgan fingerprint density at radius 1 is 1.17 bits per heavy atom. The van der Waals surface area contributed by atoms with Crippen molar-refractivity contribution in [2.24, 2.45) is 0 Å². The predicted molar refractivity (Wildman–Crippen MR) is 93.3 cm³/mol. The Bertz CT molecular complexity index is 682. The van der Waals surface area contributed by atoms with Crippen LogP contribution in [-0.2, 0) is 6.42 Å². The van der Waals surface area contributed by atoms with E-state index >= 15 is 0 Å². The van der Waals surface area contributed by atoms with E-state index in [2.05, 4.69) is 19.2 Å². The van der Waals surface area contributed by atoms with E-state index in [-0.39, 0.29) is 12.1 Å². The molecule has 4 nitrogen and oxygen atoms in total. The molecule has 2 aromatic carbocycles. The molecule has 1 N–H and O–H groups in total. The maximum atomic E-state index is 12.7. The number of hydrogen-bond donors (Lipinski definition) is 1. The standard InChI is InChI=1S/C19H22N2O2/c1-3-14-9-11-15(12-10-14)20-19(22)21-13-16(4-2)23-18-8-6-5-7-17(18)21/h5-12,16H,3-4,13H2,1-2H3,(H,20,22). The van der Waals surface area contributed by atoms with Gasteiger partial charge in [-0.25, -0.2) is 4.79 Å². The number of anilines is 2.